The second-order valence-electron chi connectivity index (χ2n) is 5.36. The molecule has 2 heterocycles. The highest BCUT2D eigenvalue weighted by molar-refractivity contribution is 7.09. The molecule has 2 atom stereocenters. The summed E-state index contributed by atoms with van der Waals surface area (Å²) in [5.74, 6) is 6.16. The quantitative estimate of drug-likeness (QED) is 0.654. The van der Waals surface area contributed by atoms with Gasteiger partial charge in [-0.1, -0.05) is 17.5 Å². The van der Waals surface area contributed by atoms with Gasteiger partial charge < -0.3 is 10.4 Å². The third kappa shape index (κ3) is 3.77. The van der Waals surface area contributed by atoms with Crippen molar-refractivity contribution in [3.05, 3.63) is 39.1 Å². The summed E-state index contributed by atoms with van der Waals surface area (Å²) in [6.07, 6.45) is 3.97. The predicted molar refractivity (Wildman–Crippen MR) is 89.3 cm³/mol. The van der Waals surface area contributed by atoms with Crippen molar-refractivity contribution in [1.82, 2.24) is 9.97 Å². The molecule has 6 heteroatoms. The molecule has 22 heavy (non-hydrogen) atoms. The van der Waals surface area contributed by atoms with Gasteiger partial charge in [0.05, 0.1) is 22.4 Å². The largest absolute Gasteiger partial charge is 0.393 e. The molecule has 0 saturated heterocycles. The molecule has 3 rings (SSSR count). The number of nitrogens with one attached hydrogen (secondary N) is 1. The van der Waals surface area contributed by atoms with Crippen molar-refractivity contribution in [3.8, 4) is 11.8 Å². The van der Waals surface area contributed by atoms with E-state index >= 15 is 0 Å². The van der Waals surface area contributed by atoms with Gasteiger partial charge in [0.15, 0.2) is 0 Å². The van der Waals surface area contributed by atoms with Crippen molar-refractivity contribution in [2.24, 2.45) is 0 Å². The van der Waals surface area contributed by atoms with Crippen LogP contribution in [0.5, 0.6) is 0 Å². The van der Waals surface area contributed by atoms with Crippen LogP contribution < -0.4 is 5.32 Å². The zero-order valence-electron chi connectivity index (χ0n) is 12.1. The van der Waals surface area contributed by atoms with Crippen molar-refractivity contribution >= 4 is 28.6 Å². The molecule has 2 aromatic heterocycles. The van der Waals surface area contributed by atoms with E-state index < -0.39 is 0 Å². The molecule has 0 spiro atoms. The smallest absolute Gasteiger partial charge is 0.131 e. The monoisotopic (exact) mass is 333 g/mol. The van der Waals surface area contributed by atoms with E-state index in [-0.39, 0.29) is 12.1 Å². The number of aromatic nitrogens is 2. The van der Waals surface area contributed by atoms with Crippen molar-refractivity contribution in [3.63, 3.8) is 0 Å². The summed E-state index contributed by atoms with van der Waals surface area (Å²) >= 11 is 7.57. The number of pyridine rings is 1. The highest BCUT2D eigenvalue weighted by Crippen LogP contribution is 2.26. The van der Waals surface area contributed by atoms with Gasteiger partial charge in [-0.3, -0.25) is 0 Å². The summed E-state index contributed by atoms with van der Waals surface area (Å²) in [6.45, 7) is 1.96. The Hall–Kier alpha value is -1.61. The molecule has 114 valence electrons. The van der Waals surface area contributed by atoms with Crippen LogP contribution in [0.2, 0.25) is 5.15 Å². The summed E-state index contributed by atoms with van der Waals surface area (Å²) in [4.78, 5) is 8.43. The Bertz CT molecular complexity index is 734. The molecule has 1 aliphatic rings. The second-order valence-corrected chi connectivity index (χ2v) is 6.81. The average molecular weight is 334 g/mol. The Labute approximate surface area is 138 Å². The predicted octanol–water partition coefficient (Wildman–Crippen LogP) is 3.23. The summed E-state index contributed by atoms with van der Waals surface area (Å²) < 4.78 is 0. The number of thiazole rings is 1. The van der Waals surface area contributed by atoms with Gasteiger partial charge in [0.25, 0.3) is 0 Å². The Morgan fingerprint density at radius 3 is 2.95 bits per heavy atom. The zero-order chi connectivity index (χ0) is 15.5. The van der Waals surface area contributed by atoms with Gasteiger partial charge in [0.1, 0.15) is 10.8 Å². The van der Waals surface area contributed by atoms with Crippen molar-refractivity contribution in [1.29, 1.82) is 0 Å². The highest BCUT2D eigenvalue weighted by Gasteiger charge is 2.23. The van der Waals surface area contributed by atoms with Crippen molar-refractivity contribution in [2.75, 3.05) is 5.32 Å². The number of aliphatic hydroxyl groups excluding tert-OH is 1. The molecular formula is C16H16ClN3OS. The Kier molecular flexibility index (Phi) is 4.63. The van der Waals surface area contributed by atoms with Crippen LogP contribution in [0, 0.1) is 18.8 Å². The Morgan fingerprint density at radius 1 is 1.41 bits per heavy atom. The average Bonchev–Trinajstić information content (AvgIpc) is 3.07. The van der Waals surface area contributed by atoms with E-state index in [2.05, 4.69) is 27.1 Å². The Balaban J connectivity index is 1.83. The molecule has 2 N–H and O–H groups in total. The lowest BCUT2D eigenvalue weighted by atomic mass is 10.2. The van der Waals surface area contributed by atoms with Crippen LogP contribution in [-0.2, 0) is 0 Å². The molecule has 0 amide bonds. The summed E-state index contributed by atoms with van der Waals surface area (Å²) in [5.41, 5.74) is 2.41. The minimum Gasteiger partial charge on any atom is -0.393 e. The number of halogens is 1. The van der Waals surface area contributed by atoms with Crippen LogP contribution in [0.3, 0.4) is 0 Å². The zero-order valence-corrected chi connectivity index (χ0v) is 13.7. The van der Waals surface area contributed by atoms with E-state index in [1.165, 1.54) is 0 Å². The van der Waals surface area contributed by atoms with E-state index in [0.29, 0.717) is 5.15 Å². The van der Waals surface area contributed by atoms with Crippen LogP contribution in [0.15, 0.2) is 17.6 Å². The van der Waals surface area contributed by atoms with Gasteiger partial charge in [-0.15, -0.1) is 11.3 Å². The molecule has 0 unspecified atom stereocenters. The van der Waals surface area contributed by atoms with Crippen LogP contribution >= 0.6 is 22.9 Å². The first-order valence-electron chi connectivity index (χ1n) is 7.14. The standard InChI is InChI=1S/C16H16ClN3OS/c1-10-19-13(9-22-10)3-2-11-8-18-16(17)7-15(11)20-12-4-5-14(21)6-12/h7-9,12,14,21H,4-6H2,1H3,(H,18,20)/t12-,14-/m0/s1. The number of anilines is 1. The number of rotatable bonds is 2. The van der Waals surface area contributed by atoms with E-state index in [9.17, 15) is 5.11 Å². The van der Waals surface area contributed by atoms with Crippen LogP contribution in [0.1, 0.15) is 35.5 Å². The third-order valence-corrected chi connectivity index (χ3v) is 4.56. The maximum atomic E-state index is 9.64. The first kappa shape index (κ1) is 15.3. The van der Waals surface area contributed by atoms with Crippen molar-refractivity contribution < 1.29 is 5.11 Å². The second kappa shape index (κ2) is 6.66. The lowest BCUT2D eigenvalue weighted by Crippen LogP contribution is -2.17. The van der Waals surface area contributed by atoms with Gasteiger partial charge in [0, 0.05) is 17.6 Å². The normalized spacial score (nSPS) is 20.5. The van der Waals surface area contributed by atoms with Crippen LogP contribution in [0.4, 0.5) is 5.69 Å². The van der Waals surface area contributed by atoms with E-state index in [1.54, 1.807) is 23.6 Å². The molecule has 1 saturated carbocycles. The molecule has 1 fully saturated rings. The molecule has 1 aliphatic carbocycles. The fourth-order valence-corrected chi connectivity index (χ4v) is 3.21. The van der Waals surface area contributed by atoms with Gasteiger partial charge in [0.2, 0.25) is 0 Å². The summed E-state index contributed by atoms with van der Waals surface area (Å²) in [6, 6.07) is 2.03. The number of nitrogens with zero attached hydrogens (tertiary/aromatic N) is 2. The SMILES string of the molecule is Cc1nc(C#Cc2cnc(Cl)cc2N[C@H]2CC[C@H](O)C2)cs1. The van der Waals surface area contributed by atoms with E-state index in [0.717, 1.165) is 41.2 Å². The first-order valence-corrected chi connectivity index (χ1v) is 8.40. The summed E-state index contributed by atoms with van der Waals surface area (Å²) in [7, 11) is 0. The fourth-order valence-electron chi connectivity index (χ4n) is 2.51. The Morgan fingerprint density at radius 2 is 2.27 bits per heavy atom. The molecular weight excluding hydrogens is 318 g/mol. The van der Waals surface area contributed by atoms with Crippen LogP contribution in [-0.4, -0.2) is 27.2 Å². The molecule has 0 radical (unpaired) electrons. The van der Waals surface area contributed by atoms with Gasteiger partial charge >= 0.3 is 0 Å². The molecule has 4 nitrogen and oxygen atoms in total. The molecule has 0 bridgehead atoms. The van der Waals surface area contributed by atoms with Crippen LogP contribution in [0.25, 0.3) is 0 Å². The maximum Gasteiger partial charge on any atom is 0.131 e. The first-order chi connectivity index (χ1) is 10.6. The summed E-state index contributed by atoms with van der Waals surface area (Å²) in [5, 5.41) is 16.4. The highest BCUT2D eigenvalue weighted by atomic mass is 35.5. The van der Waals surface area contributed by atoms with Gasteiger partial charge in [-0.2, -0.15) is 0 Å². The topological polar surface area (TPSA) is 58.0 Å². The molecule has 0 aromatic carbocycles. The number of hydrogen-bond donors (Lipinski definition) is 2. The maximum absolute atomic E-state index is 9.64. The lowest BCUT2D eigenvalue weighted by Gasteiger charge is -2.15. The van der Waals surface area contributed by atoms with Gasteiger partial charge in [-0.05, 0) is 38.2 Å². The lowest BCUT2D eigenvalue weighted by molar-refractivity contribution is 0.182. The molecule has 2 aromatic rings. The van der Waals surface area contributed by atoms with Gasteiger partial charge in [-0.25, -0.2) is 9.97 Å². The number of hydrogen-bond acceptors (Lipinski definition) is 5. The number of aryl methyl sites for hydroxylation is 1. The third-order valence-electron chi connectivity index (χ3n) is 3.58. The van der Waals surface area contributed by atoms with E-state index in [1.807, 2.05) is 12.3 Å². The minimum atomic E-state index is -0.220. The minimum absolute atomic E-state index is 0.220. The van der Waals surface area contributed by atoms with E-state index in [4.69, 9.17) is 11.6 Å². The fraction of sp³-hybridized carbons (Fsp3) is 0.375. The number of aliphatic hydroxyl groups is 1. The molecule has 0 aliphatic heterocycles. The van der Waals surface area contributed by atoms with Crippen molar-refractivity contribution in [2.45, 2.75) is 38.3 Å².